The Morgan fingerprint density at radius 2 is 2.29 bits per heavy atom. The number of hydrogen-bond acceptors (Lipinski definition) is 3. The van der Waals surface area contributed by atoms with Crippen LogP contribution in [0.25, 0.3) is 0 Å². The van der Waals surface area contributed by atoms with Crippen LogP contribution in [0.2, 0.25) is 0 Å². The molecule has 0 amide bonds. The zero-order valence-electron chi connectivity index (χ0n) is 7.87. The van der Waals surface area contributed by atoms with E-state index >= 15 is 0 Å². The van der Waals surface area contributed by atoms with E-state index in [1.54, 1.807) is 0 Å². The second kappa shape index (κ2) is 3.14. The lowest BCUT2D eigenvalue weighted by Gasteiger charge is -2.27. The van der Waals surface area contributed by atoms with Gasteiger partial charge in [0, 0.05) is 0 Å². The lowest BCUT2D eigenvalue weighted by molar-refractivity contribution is 0.368. The van der Waals surface area contributed by atoms with E-state index in [1.165, 1.54) is 4.90 Å². The van der Waals surface area contributed by atoms with Gasteiger partial charge in [-0.05, 0) is 24.6 Å². The second-order valence-electron chi connectivity index (χ2n) is 3.21. The number of amidine groups is 1. The quantitative estimate of drug-likeness (QED) is 0.522. The van der Waals surface area contributed by atoms with E-state index in [0.29, 0.717) is 0 Å². The Morgan fingerprint density at radius 1 is 1.50 bits per heavy atom. The molecule has 2 N–H and O–H groups in total. The van der Waals surface area contributed by atoms with Gasteiger partial charge in [-0.15, -0.1) is 0 Å². The third kappa shape index (κ3) is 1.25. The van der Waals surface area contributed by atoms with Crippen molar-refractivity contribution in [1.29, 1.82) is 10.8 Å². The smallest absolute Gasteiger partial charge is 0.146 e. The molecular weight excluding hydrogens is 178 g/mol. The van der Waals surface area contributed by atoms with Crippen LogP contribution in [-0.2, 0) is 0 Å². The van der Waals surface area contributed by atoms with Crippen molar-refractivity contribution in [2.24, 2.45) is 0 Å². The first-order chi connectivity index (χ1) is 6.72. The normalized spacial score (nSPS) is 14.6. The largest absolute Gasteiger partial charge is 0.483 e. The number of nitrogens with zero attached hydrogens (tertiary/aromatic N) is 1. The van der Waals surface area contributed by atoms with E-state index in [2.05, 4.69) is 0 Å². The van der Waals surface area contributed by atoms with Crippen molar-refractivity contribution in [3.05, 3.63) is 23.8 Å². The number of hydrogen-bond donors (Lipinski definition) is 2. The summed E-state index contributed by atoms with van der Waals surface area (Å²) in [4.78, 5) is 1.52. The maximum Gasteiger partial charge on any atom is 0.146 e. The summed E-state index contributed by atoms with van der Waals surface area (Å²) < 4.78 is 5.35. The van der Waals surface area contributed by atoms with Crippen LogP contribution in [0, 0.1) is 17.7 Å². The standard InChI is InChI=1S/C10H11N3O/c1-7-2-3-9-8(4-7)13(6-11)10(12)5-14-9/h2-4,6,11-12H,5H2,1H3. The monoisotopic (exact) mass is 189 g/mol. The van der Waals surface area contributed by atoms with Gasteiger partial charge >= 0.3 is 0 Å². The molecule has 2 rings (SSSR count). The molecule has 4 nitrogen and oxygen atoms in total. The molecule has 1 aromatic rings. The number of ether oxygens (including phenoxy) is 1. The van der Waals surface area contributed by atoms with Crippen molar-refractivity contribution >= 4 is 17.9 Å². The second-order valence-corrected chi connectivity index (χ2v) is 3.21. The molecule has 0 radical (unpaired) electrons. The minimum absolute atomic E-state index is 0.228. The summed E-state index contributed by atoms with van der Waals surface area (Å²) in [6.07, 6.45) is 1.14. The molecule has 0 bridgehead atoms. The van der Waals surface area contributed by atoms with E-state index in [-0.39, 0.29) is 12.4 Å². The lowest BCUT2D eigenvalue weighted by atomic mass is 10.1. The van der Waals surface area contributed by atoms with Gasteiger partial charge in [0.25, 0.3) is 0 Å². The van der Waals surface area contributed by atoms with Gasteiger partial charge in [0.2, 0.25) is 0 Å². The number of anilines is 1. The van der Waals surface area contributed by atoms with Crippen LogP contribution in [-0.4, -0.2) is 18.8 Å². The predicted octanol–water partition coefficient (Wildman–Crippen LogP) is 1.78. The molecule has 0 unspecified atom stereocenters. The third-order valence-corrected chi connectivity index (χ3v) is 2.16. The average Bonchev–Trinajstić information content (AvgIpc) is 2.17. The van der Waals surface area contributed by atoms with E-state index in [9.17, 15) is 0 Å². The first-order valence-electron chi connectivity index (χ1n) is 4.33. The minimum Gasteiger partial charge on any atom is -0.483 e. The molecule has 1 aliphatic heterocycles. The van der Waals surface area contributed by atoms with Crippen molar-refractivity contribution in [1.82, 2.24) is 0 Å². The van der Waals surface area contributed by atoms with E-state index in [0.717, 1.165) is 23.3 Å². The molecular formula is C10H11N3O. The van der Waals surface area contributed by atoms with Crippen molar-refractivity contribution in [3.63, 3.8) is 0 Å². The number of benzene rings is 1. The number of aryl methyl sites for hydroxylation is 1. The SMILES string of the molecule is Cc1ccc2c(c1)N(C=N)C(=N)CO2. The fourth-order valence-corrected chi connectivity index (χ4v) is 1.45. The Morgan fingerprint density at radius 3 is 3.00 bits per heavy atom. The minimum atomic E-state index is 0.228. The van der Waals surface area contributed by atoms with Crippen LogP contribution >= 0.6 is 0 Å². The van der Waals surface area contributed by atoms with Gasteiger partial charge < -0.3 is 4.74 Å². The van der Waals surface area contributed by atoms with Gasteiger partial charge in [-0.2, -0.15) is 0 Å². The van der Waals surface area contributed by atoms with Gasteiger partial charge in [0.15, 0.2) is 0 Å². The van der Waals surface area contributed by atoms with Gasteiger partial charge in [0.1, 0.15) is 18.2 Å². The molecule has 0 spiro atoms. The Labute approximate surface area is 82.1 Å². The maximum absolute atomic E-state index is 7.60. The average molecular weight is 189 g/mol. The van der Waals surface area contributed by atoms with Crippen molar-refractivity contribution in [2.45, 2.75) is 6.92 Å². The molecule has 0 aliphatic carbocycles. The van der Waals surface area contributed by atoms with Gasteiger partial charge in [-0.1, -0.05) is 6.07 Å². The van der Waals surface area contributed by atoms with Gasteiger partial charge in [0.05, 0.1) is 12.0 Å². The predicted molar refractivity (Wildman–Crippen MR) is 55.7 cm³/mol. The van der Waals surface area contributed by atoms with Crippen LogP contribution < -0.4 is 9.64 Å². The summed E-state index contributed by atoms with van der Waals surface area (Å²) in [5.41, 5.74) is 1.87. The van der Waals surface area contributed by atoms with Crippen molar-refractivity contribution < 1.29 is 4.74 Å². The van der Waals surface area contributed by atoms with Crippen molar-refractivity contribution in [2.75, 3.05) is 11.5 Å². The zero-order valence-corrected chi connectivity index (χ0v) is 7.87. The summed E-state index contributed by atoms with van der Waals surface area (Å²) in [7, 11) is 0. The third-order valence-electron chi connectivity index (χ3n) is 2.16. The molecule has 1 aromatic carbocycles. The van der Waals surface area contributed by atoms with E-state index in [4.69, 9.17) is 15.6 Å². The van der Waals surface area contributed by atoms with Gasteiger partial charge in [-0.3, -0.25) is 15.7 Å². The fourth-order valence-electron chi connectivity index (χ4n) is 1.45. The van der Waals surface area contributed by atoms with Gasteiger partial charge in [-0.25, -0.2) is 0 Å². The molecule has 4 heteroatoms. The highest BCUT2D eigenvalue weighted by molar-refractivity contribution is 6.12. The molecule has 14 heavy (non-hydrogen) atoms. The number of nitrogens with one attached hydrogen (secondary N) is 2. The molecule has 0 saturated heterocycles. The van der Waals surface area contributed by atoms with Crippen LogP contribution in [0.5, 0.6) is 5.75 Å². The summed E-state index contributed by atoms with van der Waals surface area (Å²) in [6, 6.07) is 5.73. The van der Waals surface area contributed by atoms with Crippen LogP contribution in [0.3, 0.4) is 0 Å². The van der Waals surface area contributed by atoms with Crippen molar-refractivity contribution in [3.8, 4) is 5.75 Å². The molecule has 0 fully saturated rings. The molecule has 1 aliphatic rings. The van der Waals surface area contributed by atoms with Crippen LogP contribution in [0.15, 0.2) is 18.2 Å². The van der Waals surface area contributed by atoms with E-state index in [1.807, 2.05) is 25.1 Å². The first kappa shape index (κ1) is 8.74. The van der Waals surface area contributed by atoms with Crippen LogP contribution in [0.1, 0.15) is 5.56 Å². The molecule has 0 atom stereocenters. The zero-order chi connectivity index (χ0) is 10.1. The topological polar surface area (TPSA) is 60.2 Å². The Bertz CT molecular complexity index is 400. The Hall–Kier alpha value is -1.84. The molecule has 0 aromatic heterocycles. The maximum atomic E-state index is 7.60. The highest BCUT2D eigenvalue weighted by Gasteiger charge is 2.20. The van der Waals surface area contributed by atoms with E-state index < -0.39 is 0 Å². The summed E-state index contributed by atoms with van der Waals surface area (Å²) in [5, 5.41) is 14.8. The first-order valence-corrected chi connectivity index (χ1v) is 4.33. The highest BCUT2D eigenvalue weighted by atomic mass is 16.5. The highest BCUT2D eigenvalue weighted by Crippen LogP contribution is 2.31. The summed E-state index contributed by atoms with van der Waals surface area (Å²) >= 11 is 0. The Kier molecular flexibility index (Phi) is 1.96. The Balaban J connectivity index is 2.54. The summed E-state index contributed by atoms with van der Waals surface area (Å²) in [6.45, 7) is 2.20. The van der Waals surface area contributed by atoms with Crippen LogP contribution in [0.4, 0.5) is 5.69 Å². The lowest BCUT2D eigenvalue weighted by Crippen LogP contribution is -2.36. The number of rotatable bonds is 1. The number of fused-ring (bicyclic) bond motifs is 1. The molecule has 1 heterocycles. The fraction of sp³-hybridized carbons (Fsp3) is 0.200. The summed E-state index contributed by atoms with van der Waals surface area (Å²) in [5.74, 6) is 1.02. The molecule has 0 saturated carbocycles. The molecule has 72 valence electrons.